The quantitative estimate of drug-likeness (QED) is 0.453. The second-order valence-corrected chi connectivity index (χ2v) is 4.36. The number of alkyl halides is 1. The number of carbonyl (C=O) groups is 1. The van der Waals surface area contributed by atoms with Crippen LogP contribution in [0.3, 0.4) is 0 Å². The van der Waals surface area contributed by atoms with Crippen LogP contribution in [-0.4, -0.2) is 24.7 Å². The molecule has 0 spiro atoms. The fourth-order valence-electron chi connectivity index (χ4n) is 1.22. The Bertz CT molecular complexity index is 378. The number of halogens is 2. The molecule has 0 radical (unpaired) electrons. The van der Waals surface area contributed by atoms with Crippen LogP contribution in [0.4, 0.5) is 0 Å². The van der Waals surface area contributed by atoms with Crippen LogP contribution in [0.2, 0.25) is 5.02 Å². The van der Waals surface area contributed by atoms with Crippen molar-refractivity contribution >= 4 is 29.0 Å². The van der Waals surface area contributed by atoms with Crippen LogP contribution in [0.1, 0.15) is 23.7 Å². The Morgan fingerprint density at radius 1 is 1.35 bits per heavy atom. The maximum Gasteiger partial charge on any atom is 0.315 e. The van der Waals surface area contributed by atoms with E-state index >= 15 is 0 Å². The highest BCUT2D eigenvalue weighted by molar-refractivity contribution is 6.35. The number of ether oxygens (including phenoxy) is 2. The first-order chi connectivity index (χ1) is 8.03. The number of methoxy groups -OCH3 is 1. The summed E-state index contributed by atoms with van der Waals surface area (Å²) >= 11 is 11.7. The zero-order valence-corrected chi connectivity index (χ0v) is 11.2. The summed E-state index contributed by atoms with van der Waals surface area (Å²) in [4.78, 5) is 12.1. The van der Waals surface area contributed by atoms with Crippen LogP contribution in [0.5, 0.6) is 0 Å². The van der Waals surface area contributed by atoms with Gasteiger partial charge in [0.25, 0.3) is 0 Å². The van der Waals surface area contributed by atoms with Crippen molar-refractivity contribution in [3.63, 3.8) is 0 Å². The summed E-state index contributed by atoms with van der Waals surface area (Å²) in [5.41, 5.74) is 0.391. The summed E-state index contributed by atoms with van der Waals surface area (Å²) in [5.74, 6) is -0.438. The van der Waals surface area contributed by atoms with Gasteiger partial charge in [-0.15, -0.1) is 0 Å². The van der Waals surface area contributed by atoms with Crippen LogP contribution in [0.15, 0.2) is 24.3 Å². The number of ketones is 1. The van der Waals surface area contributed by atoms with E-state index in [1.807, 2.05) is 6.92 Å². The lowest BCUT2D eigenvalue weighted by Crippen LogP contribution is -2.38. The second kappa shape index (κ2) is 6.36. The van der Waals surface area contributed by atoms with Gasteiger partial charge in [-0.25, -0.2) is 0 Å². The monoisotopic (exact) mass is 276 g/mol. The van der Waals surface area contributed by atoms with Gasteiger partial charge in [-0.2, -0.15) is 0 Å². The summed E-state index contributed by atoms with van der Waals surface area (Å²) in [6.07, 6.45) is 0.742. The maximum atomic E-state index is 12.1. The van der Waals surface area contributed by atoms with Crippen molar-refractivity contribution in [3.8, 4) is 0 Å². The van der Waals surface area contributed by atoms with Crippen LogP contribution >= 0.6 is 23.2 Å². The van der Waals surface area contributed by atoms with Crippen molar-refractivity contribution in [1.29, 1.82) is 0 Å². The molecule has 17 heavy (non-hydrogen) atoms. The molecule has 94 valence electrons. The van der Waals surface area contributed by atoms with Crippen molar-refractivity contribution in [2.75, 3.05) is 13.7 Å². The number of Topliss-reactive ketones (excluding diaryl/α,β-unsaturated/α-hetero) is 1. The number of benzene rings is 1. The Morgan fingerprint density at radius 2 is 1.94 bits per heavy atom. The Balaban J connectivity index is 2.88. The molecule has 0 saturated heterocycles. The highest BCUT2D eigenvalue weighted by atomic mass is 35.5. The summed E-state index contributed by atoms with van der Waals surface area (Å²) in [7, 11) is 1.33. The van der Waals surface area contributed by atoms with Gasteiger partial charge in [-0.3, -0.25) is 4.79 Å². The number of hydrogen-bond donors (Lipinski definition) is 0. The smallest absolute Gasteiger partial charge is 0.315 e. The topological polar surface area (TPSA) is 35.5 Å². The zero-order valence-electron chi connectivity index (χ0n) is 9.70. The van der Waals surface area contributed by atoms with Gasteiger partial charge < -0.3 is 9.47 Å². The van der Waals surface area contributed by atoms with E-state index in [0.29, 0.717) is 17.2 Å². The van der Waals surface area contributed by atoms with E-state index in [4.69, 9.17) is 32.7 Å². The second-order valence-electron chi connectivity index (χ2n) is 3.42. The molecule has 5 heteroatoms. The fraction of sp³-hybridized carbons (Fsp3) is 0.417. The van der Waals surface area contributed by atoms with Gasteiger partial charge in [0, 0.05) is 17.7 Å². The van der Waals surface area contributed by atoms with Gasteiger partial charge >= 0.3 is 5.25 Å². The molecule has 3 nitrogen and oxygen atoms in total. The number of rotatable bonds is 6. The minimum atomic E-state index is -1.76. The van der Waals surface area contributed by atoms with Crippen molar-refractivity contribution in [1.82, 2.24) is 0 Å². The molecule has 1 aromatic carbocycles. The van der Waals surface area contributed by atoms with E-state index in [2.05, 4.69) is 0 Å². The molecular formula is C12H14Cl2O3. The lowest BCUT2D eigenvalue weighted by atomic mass is 10.1. The fourth-order valence-corrected chi connectivity index (χ4v) is 1.54. The predicted molar refractivity (Wildman–Crippen MR) is 67.6 cm³/mol. The molecule has 0 N–H and O–H groups in total. The number of carbonyl (C=O) groups excluding carboxylic acids is 1. The minimum absolute atomic E-state index is 0.344. The Labute approximate surface area is 111 Å². The maximum absolute atomic E-state index is 12.1. The lowest BCUT2D eigenvalue weighted by Gasteiger charge is -2.23. The molecule has 1 rings (SSSR count). The minimum Gasteiger partial charge on any atom is -0.334 e. The molecular weight excluding hydrogens is 263 g/mol. The van der Waals surface area contributed by atoms with E-state index in [-0.39, 0.29) is 0 Å². The van der Waals surface area contributed by atoms with Crippen LogP contribution < -0.4 is 0 Å². The molecule has 0 bridgehead atoms. The molecule has 0 aliphatic heterocycles. The van der Waals surface area contributed by atoms with E-state index < -0.39 is 11.0 Å². The molecule has 1 aromatic rings. The SMILES string of the molecule is CCCOC(Cl)(OC)C(=O)c1ccc(Cl)cc1. The standard InChI is InChI=1S/C12H14Cl2O3/c1-3-8-17-12(14,16-2)11(15)9-4-6-10(13)7-5-9/h4-7H,3,8H2,1-2H3. The molecule has 0 aliphatic carbocycles. The van der Waals surface area contributed by atoms with E-state index in [1.54, 1.807) is 24.3 Å². The van der Waals surface area contributed by atoms with Gasteiger partial charge in [0.05, 0.1) is 6.61 Å². The molecule has 1 atom stereocenters. The number of hydrogen-bond acceptors (Lipinski definition) is 3. The normalized spacial score (nSPS) is 14.4. The van der Waals surface area contributed by atoms with E-state index in [1.165, 1.54) is 7.11 Å². The molecule has 1 unspecified atom stereocenters. The lowest BCUT2D eigenvalue weighted by molar-refractivity contribution is -0.128. The summed E-state index contributed by atoms with van der Waals surface area (Å²) < 4.78 is 10.2. The van der Waals surface area contributed by atoms with Crippen LogP contribution in [0.25, 0.3) is 0 Å². The van der Waals surface area contributed by atoms with E-state index in [0.717, 1.165) is 6.42 Å². The van der Waals surface area contributed by atoms with Crippen molar-refractivity contribution < 1.29 is 14.3 Å². The first kappa shape index (κ1) is 14.5. The van der Waals surface area contributed by atoms with Crippen molar-refractivity contribution in [2.24, 2.45) is 0 Å². The molecule has 0 aliphatic rings. The molecule has 0 saturated carbocycles. The Kier molecular flexibility index (Phi) is 5.40. The first-order valence-electron chi connectivity index (χ1n) is 5.22. The van der Waals surface area contributed by atoms with Gasteiger partial charge in [0.1, 0.15) is 0 Å². The summed E-state index contributed by atoms with van der Waals surface area (Å²) in [6, 6.07) is 6.38. The highest BCUT2D eigenvalue weighted by Gasteiger charge is 2.38. The van der Waals surface area contributed by atoms with Crippen molar-refractivity contribution in [2.45, 2.75) is 18.6 Å². The van der Waals surface area contributed by atoms with E-state index in [9.17, 15) is 4.79 Å². The third-order valence-electron chi connectivity index (χ3n) is 2.13. The Morgan fingerprint density at radius 3 is 2.41 bits per heavy atom. The van der Waals surface area contributed by atoms with Crippen LogP contribution in [-0.2, 0) is 9.47 Å². The largest absolute Gasteiger partial charge is 0.334 e. The van der Waals surface area contributed by atoms with Crippen LogP contribution in [0, 0.1) is 0 Å². The average Bonchev–Trinajstić information content (AvgIpc) is 2.36. The highest BCUT2D eigenvalue weighted by Crippen LogP contribution is 2.25. The third-order valence-corrected chi connectivity index (χ3v) is 2.82. The molecule has 0 aromatic heterocycles. The molecule has 0 heterocycles. The van der Waals surface area contributed by atoms with Gasteiger partial charge in [-0.1, -0.05) is 18.5 Å². The van der Waals surface area contributed by atoms with Gasteiger partial charge in [-0.05, 0) is 42.3 Å². The molecule has 0 fully saturated rings. The van der Waals surface area contributed by atoms with Gasteiger partial charge in [0.15, 0.2) is 0 Å². The van der Waals surface area contributed by atoms with Gasteiger partial charge in [0.2, 0.25) is 5.78 Å². The average molecular weight is 277 g/mol. The third kappa shape index (κ3) is 3.68. The summed E-state index contributed by atoms with van der Waals surface area (Å²) in [5, 5.41) is -1.21. The zero-order chi connectivity index (χ0) is 12.9. The molecule has 0 amide bonds. The summed E-state index contributed by atoms with van der Waals surface area (Å²) in [6.45, 7) is 2.26. The Hall–Kier alpha value is -0.610. The van der Waals surface area contributed by atoms with Crippen molar-refractivity contribution in [3.05, 3.63) is 34.9 Å². The predicted octanol–water partition coefficient (Wildman–Crippen LogP) is 3.49. The first-order valence-corrected chi connectivity index (χ1v) is 5.97.